The Labute approximate surface area is 107 Å². The number of morpholine rings is 1. The Kier molecular flexibility index (Phi) is 2.96. The van der Waals surface area contributed by atoms with Crippen LogP contribution in [-0.2, 0) is 4.74 Å². The van der Waals surface area contributed by atoms with E-state index in [1.165, 1.54) is 12.8 Å². The Morgan fingerprint density at radius 3 is 2.67 bits per heavy atom. The summed E-state index contributed by atoms with van der Waals surface area (Å²) in [4.78, 5) is 14.4. The van der Waals surface area contributed by atoms with Crippen LogP contribution in [-0.4, -0.2) is 37.1 Å². The van der Waals surface area contributed by atoms with Gasteiger partial charge in [0.1, 0.15) is 0 Å². The largest absolute Gasteiger partial charge is 0.399 e. The van der Waals surface area contributed by atoms with Gasteiger partial charge in [-0.05, 0) is 42.5 Å². The molecule has 1 saturated heterocycles. The number of hydrogen-bond acceptors (Lipinski definition) is 3. The first-order chi connectivity index (χ1) is 8.75. The van der Waals surface area contributed by atoms with Crippen LogP contribution in [0, 0.1) is 0 Å². The van der Waals surface area contributed by atoms with E-state index in [9.17, 15) is 4.79 Å². The van der Waals surface area contributed by atoms with Gasteiger partial charge in [-0.15, -0.1) is 0 Å². The van der Waals surface area contributed by atoms with E-state index in [2.05, 4.69) is 0 Å². The third kappa shape index (κ3) is 2.20. The minimum atomic E-state index is 0.125. The van der Waals surface area contributed by atoms with Crippen molar-refractivity contribution in [2.45, 2.75) is 18.8 Å². The predicted molar refractivity (Wildman–Crippen MR) is 69.6 cm³/mol. The number of ether oxygens (including phenoxy) is 1. The maximum absolute atomic E-state index is 12.5. The number of carbonyl (C=O) groups excluding carboxylic acids is 1. The van der Waals surface area contributed by atoms with Crippen molar-refractivity contribution in [3.8, 4) is 0 Å². The summed E-state index contributed by atoms with van der Waals surface area (Å²) < 4.78 is 5.28. The van der Waals surface area contributed by atoms with Gasteiger partial charge in [0.05, 0.1) is 13.2 Å². The summed E-state index contributed by atoms with van der Waals surface area (Å²) in [7, 11) is 0. The Morgan fingerprint density at radius 1 is 1.28 bits per heavy atom. The SMILES string of the molecule is Nc1ccc(C(=O)N2CCOCC2)c(C2CC2)c1. The zero-order chi connectivity index (χ0) is 12.5. The average Bonchev–Trinajstić information content (AvgIpc) is 3.23. The van der Waals surface area contributed by atoms with Gasteiger partial charge in [-0.1, -0.05) is 0 Å². The van der Waals surface area contributed by atoms with E-state index in [1.807, 2.05) is 23.1 Å². The third-order valence-corrected chi connectivity index (χ3v) is 3.62. The molecule has 0 spiro atoms. The lowest BCUT2D eigenvalue weighted by Gasteiger charge is -2.27. The van der Waals surface area contributed by atoms with E-state index in [4.69, 9.17) is 10.5 Å². The second kappa shape index (κ2) is 4.61. The number of nitrogens with two attached hydrogens (primary N) is 1. The Bertz CT molecular complexity index is 463. The van der Waals surface area contributed by atoms with Gasteiger partial charge in [0.2, 0.25) is 0 Å². The summed E-state index contributed by atoms with van der Waals surface area (Å²) in [5.74, 6) is 0.661. The van der Waals surface area contributed by atoms with Crippen molar-refractivity contribution in [1.29, 1.82) is 0 Å². The molecular formula is C14H18N2O2. The fourth-order valence-corrected chi connectivity index (χ4v) is 2.44. The van der Waals surface area contributed by atoms with E-state index in [0.717, 1.165) is 16.8 Å². The molecule has 1 heterocycles. The van der Waals surface area contributed by atoms with Gasteiger partial charge in [0.15, 0.2) is 0 Å². The van der Waals surface area contributed by atoms with Crippen molar-refractivity contribution >= 4 is 11.6 Å². The standard InChI is InChI=1S/C14H18N2O2/c15-11-3-4-12(13(9-11)10-1-2-10)14(17)16-5-7-18-8-6-16/h3-4,9-10H,1-2,5-8,15H2. The summed E-state index contributed by atoms with van der Waals surface area (Å²) in [6, 6.07) is 5.66. The van der Waals surface area contributed by atoms with Crippen molar-refractivity contribution in [3.63, 3.8) is 0 Å². The smallest absolute Gasteiger partial charge is 0.254 e. The molecule has 0 aromatic heterocycles. The fraction of sp³-hybridized carbons (Fsp3) is 0.500. The van der Waals surface area contributed by atoms with Gasteiger partial charge >= 0.3 is 0 Å². The summed E-state index contributed by atoms with van der Waals surface area (Å²) in [5.41, 5.74) is 8.53. The van der Waals surface area contributed by atoms with Crippen molar-refractivity contribution in [2.24, 2.45) is 0 Å². The molecule has 1 aromatic carbocycles. The monoisotopic (exact) mass is 246 g/mol. The minimum absolute atomic E-state index is 0.125. The third-order valence-electron chi connectivity index (χ3n) is 3.62. The summed E-state index contributed by atoms with van der Waals surface area (Å²) in [6.45, 7) is 2.65. The van der Waals surface area contributed by atoms with Gasteiger partial charge < -0.3 is 15.4 Å². The average molecular weight is 246 g/mol. The molecule has 1 aliphatic heterocycles. The van der Waals surface area contributed by atoms with Crippen LogP contribution in [0.15, 0.2) is 18.2 Å². The number of benzene rings is 1. The first kappa shape index (κ1) is 11.5. The molecule has 3 rings (SSSR count). The summed E-state index contributed by atoms with van der Waals surface area (Å²) in [6.07, 6.45) is 2.35. The van der Waals surface area contributed by atoms with Crippen LogP contribution >= 0.6 is 0 Å². The molecule has 1 aliphatic carbocycles. The van der Waals surface area contributed by atoms with Gasteiger partial charge in [-0.3, -0.25) is 4.79 Å². The van der Waals surface area contributed by atoms with E-state index in [1.54, 1.807) is 0 Å². The molecule has 4 nitrogen and oxygen atoms in total. The van der Waals surface area contributed by atoms with E-state index >= 15 is 0 Å². The van der Waals surface area contributed by atoms with Crippen molar-refractivity contribution in [1.82, 2.24) is 4.90 Å². The highest BCUT2D eigenvalue weighted by Crippen LogP contribution is 2.42. The van der Waals surface area contributed by atoms with Crippen molar-refractivity contribution in [2.75, 3.05) is 32.0 Å². The molecule has 2 N–H and O–H groups in total. The van der Waals surface area contributed by atoms with Crippen LogP contribution in [0.1, 0.15) is 34.7 Å². The number of hydrogen-bond donors (Lipinski definition) is 1. The minimum Gasteiger partial charge on any atom is -0.399 e. The molecule has 0 unspecified atom stereocenters. The molecule has 0 atom stereocenters. The zero-order valence-electron chi connectivity index (χ0n) is 10.4. The molecule has 2 fully saturated rings. The first-order valence-electron chi connectivity index (χ1n) is 6.52. The number of nitrogens with zero attached hydrogens (tertiary/aromatic N) is 1. The Morgan fingerprint density at radius 2 is 2.00 bits per heavy atom. The summed E-state index contributed by atoms with van der Waals surface area (Å²) in [5, 5.41) is 0. The molecule has 1 aromatic rings. The normalized spacial score (nSPS) is 19.9. The highest BCUT2D eigenvalue weighted by atomic mass is 16.5. The maximum atomic E-state index is 12.5. The topological polar surface area (TPSA) is 55.6 Å². The molecular weight excluding hydrogens is 228 g/mol. The predicted octanol–water partition coefficient (Wildman–Crippen LogP) is 1.62. The number of amides is 1. The molecule has 0 bridgehead atoms. The van der Waals surface area contributed by atoms with Gasteiger partial charge in [-0.25, -0.2) is 0 Å². The molecule has 2 aliphatic rings. The highest BCUT2D eigenvalue weighted by Gasteiger charge is 2.30. The van der Waals surface area contributed by atoms with Crippen LogP contribution in [0.2, 0.25) is 0 Å². The van der Waals surface area contributed by atoms with Crippen LogP contribution < -0.4 is 5.73 Å². The molecule has 18 heavy (non-hydrogen) atoms. The van der Waals surface area contributed by atoms with E-state index in [0.29, 0.717) is 32.2 Å². The van der Waals surface area contributed by atoms with E-state index in [-0.39, 0.29) is 5.91 Å². The summed E-state index contributed by atoms with van der Waals surface area (Å²) >= 11 is 0. The lowest BCUT2D eigenvalue weighted by molar-refractivity contribution is 0.0302. The Balaban J connectivity index is 1.88. The van der Waals surface area contributed by atoms with E-state index < -0.39 is 0 Å². The molecule has 4 heteroatoms. The second-order valence-corrected chi connectivity index (χ2v) is 5.03. The second-order valence-electron chi connectivity index (χ2n) is 5.03. The number of anilines is 1. The number of rotatable bonds is 2. The van der Waals surface area contributed by atoms with Crippen LogP contribution in [0.3, 0.4) is 0 Å². The fourth-order valence-electron chi connectivity index (χ4n) is 2.44. The molecule has 1 amide bonds. The van der Waals surface area contributed by atoms with Crippen molar-refractivity contribution < 1.29 is 9.53 Å². The number of nitrogen functional groups attached to an aromatic ring is 1. The van der Waals surface area contributed by atoms with Gasteiger partial charge in [0.25, 0.3) is 5.91 Å². The van der Waals surface area contributed by atoms with Crippen LogP contribution in [0.4, 0.5) is 5.69 Å². The van der Waals surface area contributed by atoms with Crippen molar-refractivity contribution in [3.05, 3.63) is 29.3 Å². The quantitative estimate of drug-likeness (QED) is 0.807. The van der Waals surface area contributed by atoms with Crippen LogP contribution in [0.5, 0.6) is 0 Å². The molecule has 1 saturated carbocycles. The highest BCUT2D eigenvalue weighted by molar-refractivity contribution is 5.96. The Hall–Kier alpha value is -1.55. The first-order valence-corrected chi connectivity index (χ1v) is 6.52. The molecule has 0 radical (unpaired) electrons. The molecule has 96 valence electrons. The lowest BCUT2D eigenvalue weighted by atomic mass is 10.0. The van der Waals surface area contributed by atoms with Crippen LogP contribution in [0.25, 0.3) is 0 Å². The van der Waals surface area contributed by atoms with Gasteiger partial charge in [0, 0.05) is 24.3 Å². The van der Waals surface area contributed by atoms with Gasteiger partial charge in [-0.2, -0.15) is 0 Å². The number of carbonyl (C=O) groups is 1. The lowest BCUT2D eigenvalue weighted by Crippen LogP contribution is -2.41. The maximum Gasteiger partial charge on any atom is 0.254 e. The zero-order valence-corrected chi connectivity index (χ0v) is 10.4.